The van der Waals surface area contributed by atoms with E-state index < -0.39 is 17.6 Å². The molecular formula is C19H15F3N2O2. The van der Waals surface area contributed by atoms with Crippen LogP contribution in [0.4, 0.5) is 18.9 Å². The molecule has 1 N–H and O–H groups in total. The van der Waals surface area contributed by atoms with Crippen LogP contribution in [0.2, 0.25) is 0 Å². The summed E-state index contributed by atoms with van der Waals surface area (Å²) in [4.78, 5) is 16.4. The summed E-state index contributed by atoms with van der Waals surface area (Å²) in [5.74, 6) is -0.386. The monoisotopic (exact) mass is 360 g/mol. The van der Waals surface area contributed by atoms with Crippen molar-refractivity contribution in [2.24, 2.45) is 0 Å². The third-order valence-electron chi connectivity index (χ3n) is 3.83. The van der Waals surface area contributed by atoms with Crippen LogP contribution < -0.4 is 5.32 Å². The molecular weight excluding hydrogens is 345 g/mol. The molecule has 3 rings (SSSR count). The minimum atomic E-state index is -4.41. The number of nitrogens with one attached hydrogen (secondary N) is 1. The number of anilines is 1. The molecule has 0 unspecified atom stereocenters. The van der Waals surface area contributed by atoms with Crippen molar-refractivity contribution in [1.82, 2.24) is 4.98 Å². The highest BCUT2D eigenvalue weighted by atomic mass is 19.4. The zero-order valence-electron chi connectivity index (χ0n) is 14.0. The van der Waals surface area contributed by atoms with Gasteiger partial charge in [0.2, 0.25) is 5.89 Å². The van der Waals surface area contributed by atoms with Crippen LogP contribution in [-0.2, 0) is 6.18 Å². The third-order valence-corrected chi connectivity index (χ3v) is 3.83. The van der Waals surface area contributed by atoms with Gasteiger partial charge in [-0.2, -0.15) is 13.2 Å². The molecule has 0 aliphatic heterocycles. The molecule has 0 saturated heterocycles. The van der Waals surface area contributed by atoms with Crippen LogP contribution >= 0.6 is 0 Å². The molecule has 4 nitrogen and oxygen atoms in total. The molecule has 0 aliphatic rings. The largest absolute Gasteiger partial charge is 0.444 e. The molecule has 134 valence electrons. The summed E-state index contributed by atoms with van der Waals surface area (Å²) < 4.78 is 43.0. The van der Waals surface area contributed by atoms with E-state index in [-0.39, 0.29) is 11.6 Å². The Kier molecular flexibility index (Phi) is 4.54. The molecule has 0 spiro atoms. The van der Waals surface area contributed by atoms with Gasteiger partial charge in [0.25, 0.3) is 5.91 Å². The van der Waals surface area contributed by atoms with Crippen LogP contribution in [0.3, 0.4) is 0 Å². The molecule has 0 bridgehead atoms. The Morgan fingerprint density at radius 2 is 1.77 bits per heavy atom. The number of amides is 1. The van der Waals surface area contributed by atoms with Gasteiger partial charge in [0, 0.05) is 11.3 Å². The van der Waals surface area contributed by atoms with Gasteiger partial charge in [-0.25, -0.2) is 4.98 Å². The van der Waals surface area contributed by atoms with Crippen molar-refractivity contribution in [3.63, 3.8) is 0 Å². The summed E-state index contributed by atoms with van der Waals surface area (Å²) in [7, 11) is 0. The van der Waals surface area contributed by atoms with Gasteiger partial charge in [-0.05, 0) is 49.7 Å². The number of aromatic nitrogens is 1. The first-order valence-corrected chi connectivity index (χ1v) is 7.76. The van der Waals surface area contributed by atoms with Crippen LogP contribution in [0.15, 0.2) is 53.1 Å². The number of carbonyl (C=O) groups is 1. The Bertz CT molecular complexity index is 944. The van der Waals surface area contributed by atoms with Crippen LogP contribution in [0.5, 0.6) is 0 Å². The molecule has 0 saturated carbocycles. The molecule has 1 amide bonds. The fourth-order valence-electron chi connectivity index (χ4n) is 2.45. The minimum absolute atomic E-state index is 0.0415. The standard InChI is InChI=1S/C19H15F3N2O2/c1-11-3-8-15(12(2)9-11)23-17(25)16-10-26-18(24-16)13-4-6-14(7-5-13)19(20,21)22/h3-10H,1-2H3,(H,23,25). The van der Waals surface area contributed by atoms with E-state index >= 15 is 0 Å². The first-order valence-electron chi connectivity index (χ1n) is 7.76. The second-order valence-corrected chi connectivity index (χ2v) is 5.89. The van der Waals surface area contributed by atoms with E-state index in [1.807, 2.05) is 26.0 Å². The maximum absolute atomic E-state index is 12.6. The summed E-state index contributed by atoms with van der Waals surface area (Å²) in [6.07, 6.45) is -3.24. The second-order valence-electron chi connectivity index (χ2n) is 5.89. The lowest BCUT2D eigenvalue weighted by atomic mass is 10.1. The maximum Gasteiger partial charge on any atom is 0.416 e. The van der Waals surface area contributed by atoms with E-state index in [0.29, 0.717) is 11.3 Å². The lowest BCUT2D eigenvalue weighted by Gasteiger charge is -2.07. The number of hydrogen-bond acceptors (Lipinski definition) is 3. The highest BCUT2D eigenvalue weighted by Gasteiger charge is 2.30. The van der Waals surface area contributed by atoms with Crippen molar-refractivity contribution in [1.29, 1.82) is 0 Å². The number of carbonyl (C=O) groups excluding carboxylic acids is 1. The van der Waals surface area contributed by atoms with Gasteiger partial charge in [-0.15, -0.1) is 0 Å². The molecule has 0 radical (unpaired) electrons. The van der Waals surface area contributed by atoms with Crippen LogP contribution in [0.1, 0.15) is 27.2 Å². The zero-order chi connectivity index (χ0) is 18.9. The Morgan fingerprint density at radius 1 is 1.08 bits per heavy atom. The summed E-state index contributed by atoms with van der Waals surface area (Å²) in [5.41, 5.74) is 2.26. The van der Waals surface area contributed by atoms with E-state index in [9.17, 15) is 18.0 Å². The molecule has 7 heteroatoms. The van der Waals surface area contributed by atoms with E-state index in [0.717, 1.165) is 23.3 Å². The highest BCUT2D eigenvalue weighted by Crippen LogP contribution is 2.30. The van der Waals surface area contributed by atoms with E-state index in [1.165, 1.54) is 18.4 Å². The van der Waals surface area contributed by atoms with Gasteiger partial charge in [0.1, 0.15) is 6.26 Å². The van der Waals surface area contributed by atoms with Crippen molar-refractivity contribution in [2.45, 2.75) is 20.0 Å². The molecule has 2 aromatic carbocycles. The van der Waals surface area contributed by atoms with Gasteiger partial charge in [-0.3, -0.25) is 4.79 Å². The SMILES string of the molecule is Cc1ccc(NC(=O)c2coc(-c3ccc(C(F)(F)F)cc3)n2)c(C)c1. The molecule has 1 aromatic heterocycles. The number of alkyl halides is 3. The Labute approximate surface area is 147 Å². The van der Waals surface area contributed by atoms with Gasteiger partial charge in [0.05, 0.1) is 5.56 Å². The topological polar surface area (TPSA) is 55.1 Å². The first kappa shape index (κ1) is 17.7. The predicted molar refractivity (Wildman–Crippen MR) is 90.8 cm³/mol. The van der Waals surface area contributed by atoms with Crippen molar-refractivity contribution >= 4 is 11.6 Å². The highest BCUT2D eigenvalue weighted by molar-refractivity contribution is 6.03. The summed E-state index contributed by atoms with van der Waals surface area (Å²) in [6.45, 7) is 3.83. The fraction of sp³-hybridized carbons (Fsp3) is 0.158. The normalized spacial score (nSPS) is 11.4. The lowest BCUT2D eigenvalue weighted by molar-refractivity contribution is -0.137. The van der Waals surface area contributed by atoms with E-state index in [2.05, 4.69) is 10.3 Å². The smallest absolute Gasteiger partial charge is 0.416 e. The van der Waals surface area contributed by atoms with Gasteiger partial charge in [-0.1, -0.05) is 17.7 Å². The Morgan fingerprint density at radius 3 is 2.38 bits per heavy atom. The quantitative estimate of drug-likeness (QED) is 0.696. The average Bonchev–Trinajstić information content (AvgIpc) is 3.07. The van der Waals surface area contributed by atoms with E-state index in [4.69, 9.17) is 4.42 Å². The number of benzene rings is 2. The summed E-state index contributed by atoms with van der Waals surface area (Å²) in [6, 6.07) is 9.98. The average molecular weight is 360 g/mol. The van der Waals surface area contributed by atoms with Crippen LogP contribution in [-0.4, -0.2) is 10.9 Å². The summed E-state index contributed by atoms with van der Waals surface area (Å²) >= 11 is 0. The third kappa shape index (κ3) is 3.77. The lowest BCUT2D eigenvalue weighted by Crippen LogP contribution is -2.13. The number of rotatable bonds is 3. The molecule has 0 aliphatic carbocycles. The van der Waals surface area contributed by atoms with Crippen molar-refractivity contribution < 1.29 is 22.4 Å². The van der Waals surface area contributed by atoms with Crippen molar-refractivity contribution in [3.05, 3.63) is 71.1 Å². The van der Waals surface area contributed by atoms with Gasteiger partial charge in [0.15, 0.2) is 5.69 Å². The van der Waals surface area contributed by atoms with Gasteiger partial charge >= 0.3 is 6.18 Å². The molecule has 0 atom stereocenters. The number of aryl methyl sites for hydroxylation is 2. The Hall–Kier alpha value is -3.09. The number of oxazole rings is 1. The first-order chi connectivity index (χ1) is 12.2. The van der Waals surface area contributed by atoms with Crippen molar-refractivity contribution in [2.75, 3.05) is 5.32 Å². The second kappa shape index (κ2) is 6.67. The van der Waals surface area contributed by atoms with Crippen LogP contribution in [0, 0.1) is 13.8 Å². The molecule has 1 heterocycles. The summed E-state index contributed by atoms with van der Waals surface area (Å²) in [5, 5.41) is 2.74. The maximum atomic E-state index is 12.6. The number of halogens is 3. The molecule has 3 aromatic rings. The fourth-order valence-corrected chi connectivity index (χ4v) is 2.45. The predicted octanol–water partition coefficient (Wildman–Crippen LogP) is 5.23. The van der Waals surface area contributed by atoms with Crippen LogP contribution in [0.25, 0.3) is 11.5 Å². The molecule has 0 fully saturated rings. The molecule has 26 heavy (non-hydrogen) atoms. The number of nitrogens with zero attached hydrogens (tertiary/aromatic N) is 1. The van der Waals surface area contributed by atoms with Gasteiger partial charge < -0.3 is 9.73 Å². The van der Waals surface area contributed by atoms with E-state index in [1.54, 1.807) is 6.07 Å². The minimum Gasteiger partial charge on any atom is -0.444 e. The Balaban J connectivity index is 1.77. The number of hydrogen-bond donors (Lipinski definition) is 1. The zero-order valence-corrected chi connectivity index (χ0v) is 14.0. The van der Waals surface area contributed by atoms with Crippen molar-refractivity contribution in [3.8, 4) is 11.5 Å².